The molecule has 0 aliphatic carbocycles. The van der Waals surface area contributed by atoms with Crippen LogP contribution in [-0.4, -0.2) is 19.6 Å². The second-order valence-corrected chi connectivity index (χ2v) is 4.11. The molecular formula is C15H17ClN2O3. The molecule has 0 heterocycles. The van der Waals surface area contributed by atoms with Gasteiger partial charge in [0.15, 0.2) is 18.1 Å². The number of carbonyl (C=O) groups excluding carboxylic acids is 1. The first kappa shape index (κ1) is 16.7. The van der Waals surface area contributed by atoms with Gasteiger partial charge in [-0.2, -0.15) is 0 Å². The van der Waals surface area contributed by atoms with Crippen LogP contribution in [0, 0.1) is 0 Å². The van der Waals surface area contributed by atoms with Crippen molar-refractivity contribution in [2.75, 3.05) is 24.8 Å². The van der Waals surface area contributed by atoms with Gasteiger partial charge in [0.2, 0.25) is 0 Å². The third kappa shape index (κ3) is 4.89. The van der Waals surface area contributed by atoms with E-state index in [2.05, 4.69) is 5.32 Å². The number of para-hydroxylation sites is 2. The minimum absolute atomic E-state index is 0. The van der Waals surface area contributed by atoms with Gasteiger partial charge >= 0.3 is 0 Å². The van der Waals surface area contributed by atoms with Gasteiger partial charge in [0.1, 0.15) is 0 Å². The third-order valence-electron chi connectivity index (χ3n) is 2.60. The zero-order valence-electron chi connectivity index (χ0n) is 11.5. The fraction of sp³-hybridized carbons (Fsp3) is 0.133. The molecule has 0 aliphatic rings. The Hall–Kier alpha value is -2.40. The van der Waals surface area contributed by atoms with Crippen molar-refractivity contribution in [2.45, 2.75) is 0 Å². The van der Waals surface area contributed by atoms with E-state index in [1.54, 1.807) is 43.5 Å². The summed E-state index contributed by atoms with van der Waals surface area (Å²) in [5.41, 5.74) is 6.87. The largest absolute Gasteiger partial charge is 0.493 e. The van der Waals surface area contributed by atoms with Gasteiger partial charge in [0.05, 0.1) is 7.11 Å². The van der Waals surface area contributed by atoms with Crippen molar-refractivity contribution in [2.24, 2.45) is 0 Å². The summed E-state index contributed by atoms with van der Waals surface area (Å²) in [5, 5.41) is 2.71. The number of halogens is 1. The number of anilines is 2. The lowest BCUT2D eigenvalue weighted by molar-refractivity contribution is -0.118. The highest BCUT2D eigenvalue weighted by molar-refractivity contribution is 5.92. The van der Waals surface area contributed by atoms with Crippen LogP contribution in [0.5, 0.6) is 11.5 Å². The average molecular weight is 309 g/mol. The van der Waals surface area contributed by atoms with Crippen LogP contribution in [-0.2, 0) is 4.79 Å². The van der Waals surface area contributed by atoms with Gasteiger partial charge in [0, 0.05) is 11.4 Å². The quantitative estimate of drug-likeness (QED) is 0.833. The van der Waals surface area contributed by atoms with E-state index in [4.69, 9.17) is 15.2 Å². The van der Waals surface area contributed by atoms with E-state index in [-0.39, 0.29) is 24.9 Å². The lowest BCUT2D eigenvalue weighted by atomic mass is 10.3. The molecule has 0 bridgehead atoms. The first-order valence-electron chi connectivity index (χ1n) is 6.10. The molecule has 0 atom stereocenters. The van der Waals surface area contributed by atoms with Gasteiger partial charge in [-0.15, -0.1) is 12.4 Å². The van der Waals surface area contributed by atoms with Crippen LogP contribution in [0.1, 0.15) is 0 Å². The summed E-state index contributed by atoms with van der Waals surface area (Å²) in [6.45, 7) is -0.102. The molecular weight excluding hydrogens is 292 g/mol. The average Bonchev–Trinajstić information content (AvgIpc) is 2.45. The standard InChI is InChI=1S/C15H16N2O3.ClH/c1-19-13-7-2-3-8-14(13)20-10-15(18)17-12-6-4-5-11(16)9-12;/h2-9H,10,16H2,1H3,(H,17,18);1H. The predicted octanol–water partition coefficient (Wildman–Crippen LogP) is 2.72. The van der Waals surface area contributed by atoms with Crippen LogP contribution >= 0.6 is 12.4 Å². The number of nitrogens with two attached hydrogens (primary N) is 1. The lowest BCUT2D eigenvalue weighted by Crippen LogP contribution is -2.20. The minimum atomic E-state index is -0.262. The molecule has 1 amide bonds. The molecule has 2 rings (SSSR count). The van der Waals surface area contributed by atoms with Crippen LogP contribution in [0.15, 0.2) is 48.5 Å². The number of amides is 1. The number of ether oxygens (including phenoxy) is 2. The number of rotatable bonds is 5. The molecule has 0 radical (unpaired) electrons. The Bertz CT molecular complexity index is 605. The number of methoxy groups -OCH3 is 1. The fourth-order valence-electron chi connectivity index (χ4n) is 1.69. The van der Waals surface area contributed by atoms with Gasteiger partial charge < -0.3 is 20.5 Å². The number of hydrogen-bond acceptors (Lipinski definition) is 4. The van der Waals surface area contributed by atoms with E-state index in [0.29, 0.717) is 22.9 Å². The number of hydrogen-bond donors (Lipinski definition) is 2. The predicted molar refractivity (Wildman–Crippen MR) is 85.2 cm³/mol. The van der Waals surface area contributed by atoms with Crippen molar-refractivity contribution in [3.8, 4) is 11.5 Å². The van der Waals surface area contributed by atoms with E-state index < -0.39 is 0 Å². The van der Waals surface area contributed by atoms with Crippen molar-refractivity contribution >= 4 is 29.7 Å². The molecule has 112 valence electrons. The molecule has 5 nitrogen and oxygen atoms in total. The summed E-state index contributed by atoms with van der Waals surface area (Å²) < 4.78 is 10.6. The van der Waals surface area contributed by atoms with Gasteiger partial charge in [-0.05, 0) is 30.3 Å². The normalized spacial score (nSPS) is 9.38. The molecule has 2 aromatic rings. The SMILES string of the molecule is COc1ccccc1OCC(=O)Nc1cccc(N)c1.Cl. The number of nitrogen functional groups attached to an aromatic ring is 1. The summed E-state index contributed by atoms with van der Waals surface area (Å²) in [4.78, 5) is 11.8. The highest BCUT2D eigenvalue weighted by Gasteiger charge is 2.07. The number of nitrogens with one attached hydrogen (secondary N) is 1. The van der Waals surface area contributed by atoms with Gasteiger partial charge in [0.25, 0.3) is 5.91 Å². The Morgan fingerprint density at radius 3 is 2.52 bits per heavy atom. The molecule has 0 spiro atoms. The van der Waals surface area contributed by atoms with Crippen molar-refractivity contribution < 1.29 is 14.3 Å². The molecule has 6 heteroatoms. The Morgan fingerprint density at radius 1 is 1.14 bits per heavy atom. The summed E-state index contributed by atoms with van der Waals surface area (Å²) in [6, 6.07) is 14.1. The Balaban J connectivity index is 0.00000220. The van der Waals surface area contributed by atoms with E-state index >= 15 is 0 Å². The van der Waals surface area contributed by atoms with E-state index in [1.807, 2.05) is 12.1 Å². The smallest absolute Gasteiger partial charge is 0.262 e. The Labute approximate surface area is 129 Å². The molecule has 0 saturated carbocycles. The maximum absolute atomic E-state index is 11.8. The lowest BCUT2D eigenvalue weighted by Gasteiger charge is -2.10. The van der Waals surface area contributed by atoms with Gasteiger partial charge in [-0.3, -0.25) is 4.79 Å². The maximum Gasteiger partial charge on any atom is 0.262 e. The summed E-state index contributed by atoms with van der Waals surface area (Å²) in [7, 11) is 1.55. The highest BCUT2D eigenvalue weighted by Crippen LogP contribution is 2.25. The fourth-order valence-corrected chi connectivity index (χ4v) is 1.69. The molecule has 2 aromatic carbocycles. The molecule has 0 saturated heterocycles. The van der Waals surface area contributed by atoms with E-state index in [9.17, 15) is 4.79 Å². The van der Waals surface area contributed by atoms with Crippen LogP contribution in [0.25, 0.3) is 0 Å². The van der Waals surface area contributed by atoms with Crippen molar-refractivity contribution in [1.82, 2.24) is 0 Å². The zero-order valence-corrected chi connectivity index (χ0v) is 12.4. The van der Waals surface area contributed by atoms with Crippen molar-refractivity contribution in [3.63, 3.8) is 0 Å². The van der Waals surface area contributed by atoms with E-state index in [1.165, 1.54) is 0 Å². The summed E-state index contributed by atoms with van der Waals surface area (Å²) in [6.07, 6.45) is 0. The van der Waals surface area contributed by atoms with Crippen LogP contribution in [0.4, 0.5) is 11.4 Å². The summed E-state index contributed by atoms with van der Waals surface area (Å²) >= 11 is 0. The third-order valence-corrected chi connectivity index (χ3v) is 2.60. The highest BCUT2D eigenvalue weighted by atomic mass is 35.5. The first-order chi connectivity index (χ1) is 9.69. The van der Waals surface area contributed by atoms with Gasteiger partial charge in [-0.1, -0.05) is 18.2 Å². The van der Waals surface area contributed by atoms with Crippen molar-refractivity contribution in [3.05, 3.63) is 48.5 Å². The topological polar surface area (TPSA) is 73.6 Å². The second kappa shape index (κ2) is 8.01. The first-order valence-corrected chi connectivity index (χ1v) is 6.10. The van der Waals surface area contributed by atoms with Crippen LogP contribution in [0.2, 0.25) is 0 Å². The molecule has 0 fully saturated rings. The van der Waals surface area contributed by atoms with E-state index in [0.717, 1.165) is 0 Å². The Kier molecular flexibility index (Phi) is 6.36. The number of benzene rings is 2. The molecule has 0 aromatic heterocycles. The maximum atomic E-state index is 11.8. The molecule has 0 aliphatic heterocycles. The minimum Gasteiger partial charge on any atom is -0.493 e. The molecule has 0 unspecified atom stereocenters. The molecule has 3 N–H and O–H groups in total. The summed E-state index contributed by atoms with van der Waals surface area (Å²) in [5.74, 6) is 0.850. The zero-order chi connectivity index (χ0) is 14.4. The Morgan fingerprint density at radius 2 is 1.86 bits per heavy atom. The van der Waals surface area contributed by atoms with Crippen LogP contribution in [0.3, 0.4) is 0 Å². The second-order valence-electron chi connectivity index (χ2n) is 4.11. The monoisotopic (exact) mass is 308 g/mol. The van der Waals surface area contributed by atoms with Gasteiger partial charge in [-0.25, -0.2) is 0 Å². The number of carbonyl (C=O) groups is 1. The molecule has 21 heavy (non-hydrogen) atoms. The van der Waals surface area contributed by atoms with Crippen molar-refractivity contribution in [1.29, 1.82) is 0 Å². The van der Waals surface area contributed by atoms with Crippen LogP contribution < -0.4 is 20.5 Å².